The number of aromatic nitrogens is 2. The van der Waals surface area contributed by atoms with E-state index >= 15 is 0 Å². The van der Waals surface area contributed by atoms with E-state index in [4.69, 9.17) is 0 Å². The van der Waals surface area contributed by atoms with E-state index in [9.17, 15) is 8.78 Å². The number of aryl methyl sites for hydroxylation is 1. The number of halogens is 2. The molecule has 6 heteroatoms. The second kappa shape index (κ2) is 7.17. The Bertz CT molecular complexity index is 572. The van der Waals surface area contributed by atoms with Crippen molar-refractivity contribution in [2.75, 3.05) is 6.54 Å². The number of hydrogen-bond donors (Lipinski definition) is 1. The first kappa shape index (κ1) is 15.4. The molecule has 0 aliphatic rings. The molecule has 0 bridgehead atoms. The Kier molecular flexibility index (Phi) is 5.27. The summed E-state index contributed by atoms with van der Waals surface area (Å²) < 4.78 is 30.9. The number of benzene rings is 1. The standard InChI is InChI=1S/C15H19F2N3O/c1-3-18-14(12-9-19-20(4-2)10-12)11-6-5-7-13(8-11)21-15(16)17/h5-10,14-15,18H,3-4H2,1-2H3. The van der Waals surface area contributed by atoms with Gasteiger partial charge in [-0.25, -0.2) is 0 Å². The van der Waals surface area contributed by atoms with Gasteiger partial charge in [-0.3, -0.25) is 4.68 Å². The highest BCUT2D eigenvalue weighted by molar-refractivity contribution is 5.35. The summed E-state index contributed by atoms with van der Waals surface area (Å²) in [5, 5.41) is 7.60. The summed E-state index contributed by atoms with van der Waals surface area (Å²) in [5.41, 5.74) is 1.86. The smallest absolute Gasteiger partial charge is 0.387 e. The van der Waals surface area contributed by atoms with Gasteiger partial charge in [-0.05, 0) is 31.2 Å². The number of nitrogens with zero attached hydrogens (tertiary/aromatic N) is 2. The third kappa shape index (κ3) is 4.01. The molecule has 1 N–H and O–H groups in total. The molecule has 0 fully saturated rings. The first-order valence-corrected chi connectivity index (χ1v) is 6.94. The molecule has 2 rings (SSSR count). The summed E-state index contributed by atoms with van der Waals surface area (Å²) in [6.07, 6.45) is 3.74. The normalized spacial score (nSPS) is 12.6. The van der Waals surface area contributed by atoms with E-state index in [0.717, 1.165) is 24.2 Å². The molecular formula is C15H19F2N3O. The zero-order valence-electron chi connectivity index (χ0n) is 12.1. The van der Waals surface area contributed by atoms with Crippen molar-refractivity contribution in [2.45, 2.75) is 33.0 Å². The molecule has 2 aromatic rings. The molecular weight excluding hydrogens is 276 g/mol. The van der Waals surface area contributed by atoms with Crippen LogP contribution in [-0.2, 0) is 6.54 Å². The molecule has 1 atom stereocenters. The van der Waals surface area contributed by atoms with Gasteiger partial charge in [-0.2, -0.15) is 13.9 Å². The van der Waals surface area contributed by atoms with Crippen molar-refractivity contribution in [3.8, 4) is 5.75 Å². The Morgan fingerprint density at radius 2 is 2.10 bits per heavy atom. The van der Waals surface area contributed by atoms with Crippen LogP contribution in [-0.4, -0.2) is 22.9 Å². The van der Waals surface area contributed by atoms with Gasteiger partial charge in [0.2, 0.25) is 0 Å². The van der Waals surface area contributed by atoms with Gasteiger partial charge in [0.25, 0.3) is 0 Å². The summed E-state index contributed by atoms with van der Waals surface area (Å²) in [5.74, 6) is 0.160. The van der Waals surface area contributed by atoms with Gasteiger partial charge in [-0.1, -0.05) is 19.1 Å². The summed E-state index contributed by atoms with van der Waals surface area (Å²) in [6, 6.07) is 6.64. The molecule has 21 heavy (non-hydrogen) atoms. The molecule has 4 nitrogen and oxygen atoms in total. The van der Waals surface area contributed by atoms with Crippen molar-refractivity contribution in [1.82, 2.24) is 15.1 Å². The maximum Gasteiger partial charge on any atom is 0.387 e. The van der Waals surface area contributed by atoms with Crippen LogP contribution in [0.4, 0.5) is 8.78 Å². The Hall–Kier alpha value is -1.95. The van der Waals surface area contributed by atoms with Gasteiger partial charge in [0, 0.05) is 18.3 Å². The Morgan fingerprint density at radius 1 is 1.29 bits per heavy atom. The van der Waals surface area contributed by atoms with Gasteiger partial charge in [0.1, 0.15) is 5.75 Å². The average Bonchev–Trinajstić information content (AvgIpc) is 2.93. The lowest BCUT2D eigenvalue weighted by atomic mass is 10.0. The molecule has 1 aromatic heterocycles. The SMILES string of the molecule is CCNC(c1cccc(OC(F)F)c1)c1cnn(CC)c1. The van der Waals surface area contributed by atoms with Crippen molar-refractivity contribution in [1.29, 1.82) is 0 Å². The van der Waals surface area contributed by atoms with E-state index in [-0.39, 0.29) is 11.8 Å². The number of rotatable bonds is 7. The average molecular weight is 295 g/mol. The number of nitrogens with one attached hydrogen (secondary N) is 1. The van der Waals surface area contributed by atoms with Gasteiger partial charge in [-0.15, -0.1) is 0 Å². The van der Waals surface area contributed by atoms with Crippen LogP contribution < -0.4 is 10.1 Å². The van der Waals surface area contributed by atoms with Crippen molar-refractivity contribution in [3.05, 3.63) is 47.8 Å². The maximum absolute atomic E-state index is 12.3. The Labute approximate surface area is 122 Å². The monoisotopic (exact) mass is 295 g/mol. The van der Waals surface area contributed by atoms with E-state index in [1.54, 1.807) is 18.3 Å². The zero-order chi connectivity index (χ0) is 15.2. The lowest BCUT2D eigenvalue weighted by Crippen LogP contribution is -2.21. The van der Waals surface area contributed by atoms with Crippen molar-refractivity contribution in [2.24, 2.45) is 0 Å². The molecule has 0 radical (unpaired) electrons. The van der Waals surface area contributed by atoms with E-state index < -0.39 is 6.61 Å². The van der Waals surface area contributed by atoms with Crippen LogP contribution in [0.1, 0.15) is 31.0 Å². The summed E-state index contributed by atoms with van der Waals surface area (Å²) >= 11 is 0. The predicted octanol–water partition coefficient (Wildman–Crippen LogP) is 3.20. The Balaban J connectivity index is 2.29. The molecule has 0 amide bonds. The first-order valence-electron chi connectivity index (χ1n) is 6.94. The predicted molar refractivity (Wildman–Crippen MR) is 76.5 cm³/mol. The van der Waals surface area contributed by atoms with E-state index in [0.29, 0.717) is 0 Å². The van der Waals surface area contributed by atoms with Gasteiger partial charge >= 0.3 is 6.61 Å². The maximum atomic E-state index is 12.3. The highest BCUT2D eigenvalue weighted by atomic mass is 19.3. The van der Waals surface area contributed by atoms with Crippen molar-refractivity contribution >= 4 is 0 Å². The molecule has 1 heterocycles. The third-order valence-corrected chi connectivity index (χ3v) is 3.14. The third-order valence-electron chi connectivity index (χ3n) is 3.14. The summed E-state index contributed by atoms with van der Waals surface area (Å²) in [4.78, 5) is 0. The summed E-state index contributed by atoms with van der Waals surface area (Å²) in [7, 11) is 0. The van der Waals surface area contributed by atoms with Crippen LogP contribution in [0.2, 0.25) is 0 Å². The van der Waals surface area contributed by atoms with Gasteiger partial charge in [0.05, 0.1) is 12.2 Å². The van der Waals surface area contributed by atoms with Crippen LogP contribution in [0.25, 0.3) is 0 Å². The lowest BCUT2D eigenvalue weighted by Gasteiger charge is -2.18. The molecule has 0 aliphatic heterocycles. The Morgan fingerprint density at radius 3 is 2.71 bits per heavy atom. The van der Waals surface area contributed by atoms with Gasteiger partial charge in [0.15, 0.2) is 0 Å². The number of alkyl halides is 2. The molecule has 1 unspecified atom stereocenters. The van der Waals surface area contributed by atoms with Crippen LogP contribution in [0.15, 0.2) is 36.7 Å². The van der Waals surface area contributed by atoms with E-state index in [1.165, 1.54) is 6.07 Å². The molecule has 114 valence electrons. The highest BCUT2D eigenvalue weighted by Gasteiger charge is 2.16. The van der Waals surface area contributed by atoms with Crippen LogP contribution >= 0.6 is 0 Å². The van der Waals surface area contributed by atoms with Crippen molar-refractivity contribution < 1.29 is 13.5 Å². The fraction of sp³-hybridized carbons (Fsp3) is 0.400. The summed E-state index contributed by atoms with van der Waals surface area (Å²) in [6.45, 7) is 2.72. The van der Waals surface area contributed by atoms with E-state index in [1.807, 2.05) is 30.8 Å². The zero-order valence-corrected chi connectivity index (χ0v) is 12.1. The fourth-order valence-electron chi connectivity index (χ4n) is 2.20. The molecule has 0 spiro atoms. The lowest BCUT2D eigenvalue weighted by molar-refractivity contribution is -0.0498. The van der Waals surface area contributed by atoms with Crippen LogP contribution in [0.5, 0.6) is 5.75 Å². The minimum atomic E-state index is -2.82. The fourth-order valence-corrected chi connectivity index (χ4v) is 2.20. The quantitative estimate of drug-likeness (QED) is 0.852. The second-order valence-corrected chi connectivity index (χ2v) is 4.57. The number of hydrogen-bond acceptors (Lipinski definition) is 3. The van der Waals surface area contributed by atoms with Crippen molar-refractivity contribution in [3.63, 3.8) is 0 Å². The van der Waals surface area contributed by atoms with Crippen LogP contribution in [0, 0.1) is 0 Å². The highest BCUT2D eigenvalue weighted by Crippen LogP contribution is 2.25. The van der Waals surface area contributed by atoms with Gasteiger partial charge < -0.3 is 10.1 Å². The molecule has 0 saturated heterocycles. The first-order chi connectivity index (χ1) is 10.1. The largest absolute Gasteiger partial charge is 0.435 e. The minimum absolute atomic E-state index is 0.100. The molecule has 1 aromatic carbocycles. The van der Waals surface area contributed by atoms with E-state index in [2.05, 4.69) is 15.2 Å². The topological polar surface area (TPSA) is 39.1 Å². The number of ether oxygens (including phenoxy) is 1. The second-order valence-electron chi connectivity index (χ2n) is 4.57. The minimum Gasteiger partial charge on any atom is -0.435 e. The molecule has 0 saturated carbocycles. The molecule has 0 aliphatic carbocycles. The van der Waals surface area contributed by atoms with Crippen LogP contribution in [0.3, 0.4) is 0 Å².